The number of primary sulfonamides is 1. The number of aromatic nitrogens is 1. The summed E-state index contributed by atoms with van der Waals surface area (Å²) in [4.78, 5) is 4.11. The minimum atomic E-state index is -4.65. The zero-order chi connectivity index (χ0) is 23.3. The molecule has 0 aliphatic rings. The fourth-order valence-corrected chi connectivity index (χ4v) is 5.35. The lowest BCUT2D eigenvalue weighted by Crippen LogP contribution is -2.15. The third kappa shape index (κ3) is 4.77. The molecule has 32 heavy (non-hydrogen) atoms. The van der Waals surface area contributed by atoms with Crippen LogP contribution in [0.3, 0.4) is 0 Å². The molecule has 0 amide bonds. The Bertz CT molecular complexity index is 1450. The van der Waals surface area contributed by atoms with Crippen molar-refractivity contribution in [3.05, 3.63) is 80.8 Å². The molecule has 0 unspecified atom stereocenters. The average Bonchev–Trinajstić information content (AvgIpc) is 3.09. The van der Waals surface area contributed by atoms with Crippen molar-refractivity contribution in [3.63, 3.8) is 0 Å². The average molecular weight is 517 g/mol. The fourth-order valence-electron chi connectivity index (χ4n) is 3.23. The van der Waals surface area contributed by atoms with Crippen molar-refractivity contribution in [2.24, 2.45) is 5.14 Å². The summed E-state index contributed by atoms with van der Waals surface area (Å²) in [5.74, 6) is 0. The molecule has 2 N–H and O–H groups in total. The third-order valence-corrected chi connectivity index (χ3v) is 7.31. The van der Waals surface area contributed by atoms with Crippen LogP contribution in [0.15, 0.2) is 59.5 Å². The Balaban J connectivity index is 1.74. The van der Waals surface area contributed by atoms with E-state index in [0.717, 1.165) is 27.4 Å². The van der Waals surface area contributed by atoms with Crippen LogP contribution in [0.2, 0.25) is 10.0 Å². The predicted octanol–water partition coefficient (Wildman–Crippen LogP) is 6.53. The SMILES string of the molecule is NS(=O)(=O)c1ccc(C(F)(F)F)cc1-c1ccc(Cc2nc3cc(Cl)ccc3s2)c(Cl)c1. The minimum Gasteiger partial charge on any atom is -0.241 e. The summed E-state index contributed by atoms with van der Waals surface area (Å²) >= 11 is 13.9. The van der Waals surface area contributed by atoms with E-state index in [9.17, 15) is 21.6 Å². The maximum absolute atomic E-state index is 13.2. The summed E-state index contributed by atoms with van der Waals surface area (Å²) < 4.78 is 64.4. The van der Waals surface area contributed by atoms with Crippen LogP contribution in [-0.2, 0) is 22.6 Å². The van der Waals surface area contributed by atoms with Crippen LogP contribution in [0.25, 0.3) is 21.3 Å². The molecule has 3 aromatic carbocycles. The molecular formula is C21H13Cl2F3N2O2S2. The Labute approximate surface area is 195 Å². The molecule has 0 fully saturated rings. The molecule has 0 atom stereocenters. The molecule has 1 heterocycles. The summed E-state index contributed by atoms with van der Waals surface area (Å²) in [7, 11) is -4.26. The largest absolute Gasteiger partial charge is 0.416 e. The molecule has 11 heteroatoms. The highest BCUT2D eigenvalue weighted by Crippen LogP contribution is 2.37. The number of nitrogens with zero attached hydrogens (tertiary/aromatic N) is 1. The smallest absolute Gasteiger partial charge is 0.241 e. The molecule has 0 radical (unpaired) electrons. The van der Waals surface area contributed by atoms with Crippen LogP contribution in [0.5, 0.6) is 0 Å². The lowest BCUT2D eigenvalue weighted by atomic mass is 10.0. The van der Waals surface area contributed by atoms with Crippen LogP contribution < -0.4 is 5.14 Å². The monoisotopic (exact) mass is 516 g/mol. The van der Waals surface area contributed by atoms with Gasteiger partial charge in [-0.1, -0.05) is 35.3 Å². The van der Waals surface area contributed by atoms with Crippen molar-refractivity contribution < 1.29 is 21.6 Å². The van der Waals surface area contributed by atoms with Crippen molar-refractivity contribution in [1.82, 2.24) is 4.98 Å². The zero-order valence-corrected chi connectivity index (χ0v) is 19.1. The Morgan fingerprint density at radius 2 is 1.75 bits per heavy atom. The topological polar surface area (TPSA) is 73.1 Å². The Morgan fingerprint density at radius 1 is 1.00 bits per heavy atom. The molecule has 4 nitrogen and oxygen atoms in total. The van der Waals surface area contributed by atoms with Crippen molar-refractivity contribution in [2.75, 3.05) is 0 Å². The summed E-state index contributed by atoms with van der Waals surface area (Å²) in [5.41, 5.74) is 0.472. The summed E-state index contributed by atoms with van der Waals surface area (Å²) in [6.07, 6.45) is -4.26. The second kappa shape index (κ2) is 8.31. The molecule has 0 saturated heterocycles. The fraction of sp³-hybridized carbons (Fsp3) is 0.0952. The van der Waals surface area contributed by atoms with E-state index in [-0.39, 0.29) is 16.1 Å². The first kappa shape index (κ1) is 23.0. The Morgan fingerprint density at radius 3 is 2.41 bits per heavy atom. The zero-order valence-electron chi connectivity index (χ0n) is 16.0. The predicted molar refractivity (Wildman–Crippen MR) is 121 cm³/mol. The van der Waals surface area contributed by atoms with Gasteiger partial charge in [0.25, 0.3) is 0 Å². The summed E-state index contributed by atoms with van der Waals surface area (Å²) in [6, 6.07) is 12.2. The van der Waals surface area contributed by atoms with Gasteiger partial charge in [0.05, 0.1) is 25.7 Å². The molecule has 0 saturated carbocycles. The highest BCUT2D eigenvalue weighted by Gasteiger charge is 2.32. The molecule has 0 aliphatic carbocycles. The number of benzene rings is 3. The second-order valence-corrected chi connectivity index (χ2v) is 10.4. The maximum Gasteiger partial charge on any atom is 0.416 e. The van der Waals surface area contributed by atoms with E-state index in [1.807, 2.05) is 6.07 Å². The second-order valence-electron chi connectivity index (χ2n) is 6.96. The lowest BCUT2D eigenvalue weighted by Gasteiger charge is -2.14. The number of hydrogen-bond donors (Lipinski definition) is 1. The number of rotatable bonds is 4. The van der Waals surface area contributed by atoms with Gasteiger partial charge in [-0.05, 0) is 53.6 Å². The van der Waals surface area contributed by atoms with Crippen molar-refractivity contribution in [2.45, 2.75) is 17.5 Å². The van der Waals surface area contributed by atoms with Gasteiger partial charge in [0.15, 0.2) is 0 Å². The number of sulfonamides is 1. The number of hydrogen-bond acceptors (Lipinski definition) is 4. The Hall–Kier alpha value is -2.17. The van der Waals surface area contributed by atoms with Crippen LogP contribution in [-0.4, -0.2) is 13.4 Å². The van der Waals surface area contributed by atoms with Gasteiger partial charge in [0.1, 0.15) is 0 Å². The molecule has 0 aliphatic heterocycles. The maximum atomic E-state index is 13.2. The number of fused-ring (bicyclic) bond motifs is 1. The first-order chi connectivity index (χ1) is 14.9. The van der Waals surface area contributed by atoms with E-state index >= 15 is 0 Å². The van der Waals surface area contributed by atoms with Gasteiger partial charge >= 0.3 is 6.18 Å². The number of nitrogens with two attached hydrogens (primary N) is 1. The van der Waals surface area contributed by atoms with Crippen molar-refractivity contribution >= 4 is 54.8 Å². The highest BCUT2D eigenvalue weighted by atomic mass is 35.5. The van der Waals surface area contributed by atoms with Gasteiger partial charge < -0.3 is 0 Å². The molecule has 0 spiro atoms. The van der Waals surface area contributed by atoms with Crippen LogP contribution in [0, 0.1) is 0 Å². The number of thiazole rings is 1. The van der Waals surface area contributed by atoms with Gasteiger partial charge in [0, 0.05) is 22.0 Å². The van der Waals surface area contributed by atoms with Gasteiger partial charge in [-0.15, -0.1) is 11.3 Å². The highest BCUT2D eigenvalue weighted by molar-refractivity contribution is 7.89. The Kier molecular flexibility index (Phi) is 5.98. The van der Waals surface area contributed by atoms with Crippen LogP contribution >= 0.6 is 34.5 Å². The molecule has 4 rings (SSSR count). The van der Waals surface area contributed by atoms with E-state index in [1.54, 1.807) is 18.2 Å². The van der Waals surface area contributed by atoms with E-state index in [0.29, 0.717) is 23.1 Å². The van der Waals surface area contributed by atoms with Crippen LogP contribution in [0.4, 0.5) is 13.2 Å². The van der Waals surface area contributed by atoms with Gasteiger partial charge in [0.2, 0.25) is 10.0 Å². The molecule has 166 valence electrons. The van der Waals surface area contributed by atoms with Gasteiger partial charge in [-0.25, -0.2) is 18.5 Å². The van der Waals surface area contributed by atoms with E-state index in [4.69, 9.17) is 28.3 Å². The number of alkyl halides is 3. The van der Waals surface area contributed by atoms with Crippen molar-refractivity contribution in [1.29, 1.82) is 0 Å². The summed E-state index contributed by atoms with van der Waals surface area (Å²) in [5, 5.41) is 6.83. The minimum absolute atomic E-state index is 0.176. The molecular weight excluding hydrogens is 504 g/mol. The molecule has 0 bridgehead atoms. The van der Waals surface area contributed by atoms with E-state index in [1.165, 1.54) is 23.5 Å². The van der Waals surface area contributed by atoms with Crippen molar-refractivity contribution in [3.8, 4) is 11.1 Å². The first-order valence-electron chi connectivity index (χ1n) is 8.99. The van der Waals surface area contributed by atoms with Gasteiger partial charge in [-0.3, -0.25) is 0 Å². The number of halogens is 5. The lowest BCUT2D eigenvalue weighted by molar-refractivity contribution is -0.137. The molecule has 4 aromatic rings. The first-order valence-corrected chi connectivity index (χ1v) is 12.1. The van der Waals surface area contributed by atoms with E-state index in [2.05, 4.69) is 4.98 Å². The van der Waals surface area contributed by atoms with Gasteiger partial charge in [-0.2, -0.15) is 13.2 Å². The normalized spacial score (nSPS) is 12.4. The van der Waals surface area contributed by atoms with E-state index < -0.39 is 26.7 Å². The van der Waals surface area contributed by atoms with Crippen LogP contribution in [0.1, 0.15) is 16.1 Å². The quantitative estimate of drug-likeness (QED) is 0.335. The summed E-state index contributed by atoms with van der Waals surface area (Å²) in [6.45, 7) is 0. The molecule has 1 aromatic heterocycles. The third-order valence-electron chi connectivity index (χ3n) is 4.71. The standard InChI is InChI=1S/C21H13Cl2F3N2O2S2/c22-14-4-5-18-17(10-14)28-20(31-18)8-12-2-1-11(7-16(12)23)15-9-13(21(24,25)26)3-6-19(15)32(27,29)30/h1-7,9-10H,8H2,(H2,27,29,30).